The maximum absolute atomic E-state index is 13.7. The van der Waals surface area contributed by atoms with E-state index < -0.39 is 5.82 Å². The molecule has 1 aromatic carbocycles. The summed E-state index contributed by atoms with van der Waals surface area (Å²) in [7, 11) is 0. The quantitative estimate of drug-likeness (QED) is 0.383. The number of benzene rings is 1. The maximum atomic E-state index is 13.7. The van der Waals surface area contributed by atoms with Gasteiger partial charge in [-0.1, -0.05) is 5.16 Å². The minimum atomic E-state index is -0.533. The number of hydrogen-bond acceptors (Lipinski definition) is 4. The Morgan fingerprint density at radius 2 is 2.26 bits per heavy atom. The summed E-state index contributed by atoms with van der Waals surface area (Å²) in [6.45, 7) is 0.399. The van der Waals surface area contributed by atoms with Crippen molar-refractivity contribution in [3.8, 4) is 5.75 Å². The minimum absolute atomic E-state index is 0.135. The molecule has 0 aliphatic rings. The van der Waals surface area contributed by atoms with Crippen LogP contribution in [-0.4, -0.2) is 17.6 Å². The van der Waals surface area contributed by atoms with Gasteiger partial charge in [0.25, 0.3) is 0 Å². The van der Waals surface area contributed by atoms with Gasteiger partial charge in [-0.2, -0.15) is 11.3 Å². The Balaban J connectivity index is 1.97. The number of hydrogen-bond donors (Lipinski definition) is 2. The highest BCUT2D eigenvalue weighted by molar-refractivity contribution is 7.07. The minimum Gasteiger partial charge on any atom is -0.490 e. The first-order chi connectivity index (χ1) is 9.20. The normalized spacial score (nSPS) is 11.5. The molecule has 19 heavy (non-hydrogen) atoms. The first-order valence-corrected chi connectivity index (χ1v) is 6.56. The number of rotatable bonds is 5. The van der Waals surface area contributed by atoms with Crippen molar-refractivity contribution in [2.75, 3.05) is 6.61 Å². The van der Waals surface area contributed by atoms with Crippen molar-refractivity contribution >= 4 is 17.2 Å². The van der Waals surface area contributed by atoms with Crippen LogP contribution in [0.15, 0.2) is 40.2 Å². The number of thiophene rings is 1. The monoisotopic (exact) mass is 280 g/mol. The molecule has 4 nitrogen and oxygen atoms in total. The zero-order chi connectivity index (χ0) is 13.7. The summed E-state index contributed by atoms with van der Waals surface area (Å²) < 4.78 is 19.1. The molecular formula is C13H13FN2O2S. The molecule has 0 spiro atoms. The summed E-state index contributed by atoms with van der Waals surface area (Å²) in [5.41, 5.74) is 6.85. The maximum Gasteiger partial charge on any atom is 0.170 e. The summed E-state index contributed by atoms with van der Waals surface area (Å²) in [5.74, 6) is -0.511. The van der Waals surface area contributed by atoms with Crippen LogP contribution >= 0.6 is 11.3 Å². The van der Waals surface area contributed by atoms with Crippen LogP contribution in [0.1, 0.15) is 11.1 Å². The number of nitrogens with zero attached hydrogens (tertiary/aromatic N) is 1. The Morgan fingerprint density at radius 3 is 2.89 bits per heavy atom. The molecule has 0 fully saturated rings. The molecule has 0 bridgehead atoms. The van der Waals surface area contributed by atoms with Gasteiger partial charge in [-0.15, -0.1) is 0 Å². The number of nitrogens with two attached hydrogens (primary N) is 1. The fourth-order valence-corrected chi connectivity index (χ4v) is 2.25. The van der Waals surface area contributed by atoms with Crippen LogP contribution < -0.4 is 10.5 Å². The van der Waals surface area contributed by atoms with E-state index in [1.54, 1.807) is 11.3 Å². The SMILES string of the molecule is N/C(=N/O)c1ccc(OCCc2ccsc2)c(F)c1. The van der Waals surface area contributed by atoms with Crippen LogP contribution in [0.25, 0.3) is 0 Å². The second kappa shape index (κ2) is 6.19. The van der Waals surface area contributed by atoms with Crippen molar-refractivity contribution < 1.29 is 14.3 Å². The van der Waals surface area contributed by atoms with E-state index in [0.717, 1.165) is 6.42 Å². The van der Waals surface area contributed by atoms with Crippen molar-refractivity contribution in [3.05, 3.63) is 52.0 Å². The summed E-state index contributed by atoms with van der Waals surface area (Å²) in [4.78, 5) is 0. The molecule has 0 unspecified atom stereocenters. The zero-order valence-corrected chi connectivity index (χ0v) is 10.9. The van der Waals surface area contributed by atoms with Crippen LogP contribution in [0.4, 0.5) is 4.39 Å². The van der Waals surface area contributed by atoms with E-state index in [2.05, 4.69) is 5.16 Å². The molecule has 2 aromatic rings. The lowest BCUT2D eigenvalue weighted by molar-refractivity contribution is 0.305. The Hall–Kier alpha value is -2.08. The highest BCUT2D eigenvalue weighted by atomic mass is 32.1. The van der Waals surface area contributed by atoms with Crippen LogP contribution in [0.2, 0.25) is 0 Å². The average Bonchev–Trinajstić information content (AvgIpc) is 2.93. The molecule has 0 atom stereocenters. The van der Waals surface area contributed by atoms with E-state index >= 15 is 0 Å². The average molecular weight is 280 g/mol. The van der Waals surface area contributed by atoms with Gasteiger partial charge in [-0.3, -0.25) is 0 Å². The third-order valence-corrected chi connectivity index (χ3v) is 3.30. The topological polar surface area (TPSA) is 67.8 Å². The van der Waals surface area contributed by atoms with Gasteiger partial charge in [-0.25, -0.2) is 4.39 Å². The molecule has 0 aliphatic carbocycles. The number of oxime groups is 1. The molecule has 0 saturated carbocycles. The molecule has 100 valence electrons. The van der Waals surface area contributed by atoms with E-state index in [4.69, 9.17) is 15.7 Å². The lowest BCUT2D eigenvalue weighted by atomic mass is 10.2. The standard InChI is InChI=1S/C13H13FN2O2S/c14-11-7-10(13(15)16-17)1-2-12(11)18-5-3-9-4-6-19-8-9/h1-2,4,6-8,17H,3,5H2,(H2,15,16). The van der Waals surface area contributed by atoms with Crippen LogP contribution in [0, 0.1) is 5.82 Å². The fourth-order valence-electron chi connectivity index (χ4n) is 1.55. The van der Waals surface area contributed by atoms with Crippen molar-refractivity contribution in [2.24, 2.45) is 10.9 Å². The fraction of sp³-hybridized carbons (Fsp3) is 0.154. The summed E-state index contributed by atoms with van der Waals surface area (Å²) in [6, 6.07) is 6.19. The molecule has 0 saturated heterocycles. The predicted molar refractivity (Wildman–Crippen MR) is 72.4 cm³/mol. The van der Waals surface area contributed by atoms with Gasteiger partial charge in [0, 0.05) is 12.0 Å². The van der Waals surface area contributed by atoms with Gasteiger partial charge in [0.15, 0.2) is 17.4 Å². The third-order valence-electron chi connectivity index (χ3n) is 2.56. The molecule has 6 heteroatoms. The largest absolute Gasteiger partial charge is 0.490 e. The molecule has 3 N–H and O–H groups in total. The van der Waals surface area contributed by atoms with Crippen molar-refractivity contribution in [3.63, 3.8) is 0 Å². The lowest BCUT2D eigenvalue weighted by Crippen LogP contribution is -2.13. The molecule has 0 radical (unpaired) electrons. The van der Waals surface area contributed by atoms with Crippen LogP contribution in [0.5, 0.6) is 5.75 Å². The van der Waals surface area contributed by atoms with Gasteiger partial charge < -0.3 is 15.7 Å². The Bertz CT molecular complexity index is 570. The molecule has 2 rings (SSSR count). The summed E-state index contributed by atoms with van der Waals surface area (Å²) >= 11 is 1.62. The number of ether oxygens (including phenoxy) is 1. The molecule has 0 aliphatic heterocycles. The van der Waals surface area contributed by atoms with E-state index in [-0.39, 0.29) is 11.6 Å². The van der Waals surface area contributed by atoms with Gasteiger partial charge in [0.1, 0.15) is 0 Å². The highest BCUT2D eigenvalue weighted by Gasteiger charge is 2.07. The predicted octanol–water partition coefficient (Wildman–Crippen LogP) is 2.60. The Labute approximate surface area is 113 Å². The van der Waals surface area contributed by atoms with Crippen molar-refractivity contribution in [2.45, 2.75) is 6.42 Å². The van der Waals surface area contributed by atoms with Gasteiger partial charge >= 0.3 is 0 Å². The zero-order valence-electron chi connectivity index (χ0n) is 10.0. The van der Waals surface area contributed by atoms with Crippen molar-refractivity contribution in [1.29, 1.82) is 0 Å². The van der Waals surface area contributed by atoms with Gasteiger partial charge in [0.05, 0.1) is 6.61 Å². The van der Waals surface area contributed by atoms with E-state index in [9.17, 15) is 4.39 Å². The second-order valence-electron chi connectivity index (χ2n) is 3.86. The van der Waals surface area contributed by atoms with E-state index in [1.165, 1.54) is 23.8 Å². The number of amidine groups is 1. The molecular weight excluding hydrogens is 267 g/mol. The summed E-state index contributed by atoms with van der Waals surface area (Å²) in [5, 5.41) is 15.3. The lowest BCUT2D eigenvalue weighted by Gasteiger charge is -2.07. The highest BCUT2D eigenvalue weighted by Crippen LogP contribution is 2.19. The molecule has 1 heterocycles. The third kappa shape index (κ3) is 3.45. The second-order valence-corrected chi connectivity index (χ2v) is 4.64. The van der Waals surface area contributed by atoms with E-state index in [1.807, 2.05) is 16.8 Å². The first kappa shape index (κ1) is 13.4. The number of halogens is 1. The first-order valence-electron chi connectivity index (χ1n) is 5.62. The van der Waals surface area contributed by atoms with Crippen LogP contribution in [-0.2, 0) is 6.42 Å². The van der Waals surface area contributed by atoms with Gasteiger partial charge in [0.2, 0.25) is 0 Å². The summed E-state index contributed by atoms with van der Waals surface area (Å²) in [6.07, 6.45) is 0.727. The van der Waals surface area contributed by atoms with E-state index in [0.29, 0.717) is 12.2 Å². The Kier molecular flexibility index (Phi) is 4.35. The smallest absolute Gasteiger partial charge is 0.170 e. The van der Waals surface area contributed by atoms with Crippen molar-refractivity contribution in [1.82, 2.24) is 0 Å². The van der Waals surface area contributed by atoms with Crippen LogP contribution in [0.3, 0.4) is 0 Å². The molecule has 1 aromatic heterocycles. The Morgan fingerprint density at radius 1 is 1.42 bits per heavy atom. The van der Waals surface area contributed by atoms with Gasteiger partial charge in [-0.05, 0) is 40.6 Å². The molecule has 0 amide bonds.